The molecule has 4 heterocycles. The van der Waals surface area contributed by atoms with Crippen LogP contribution in [-0.2, 0) is 11.2 Å². The van der Waals surface area contributed by atoms with Gasteiger partial charge in [0.05, 0.1) is 12.0 Å². The molecule has 1 atom stereocenters. The molecule has 1 saturated heterocycles. The molecule has 0 saturated carbocycles. The Hall–Kier alpha value is -2.21. The van der Waals surface area contributed by atoms with E-state index < -0.39 is 0 Å². The maximum atomic E-state index is 13.2. The van der Waals surface area contributed by atoms with Crippen LogP contribution in [0.4, 0.5) is 0 Å². The zero-order chi connectivity index (χ0) is 17.9. The molecule has 2 aliphatic rings. The van der Waals surface area contributed by atoms with E-state index in [0.29, 0.717) is 12.3 Å². The summed E-state index contributed by atoms with van der Waals surface area (Å²) in [7, 11) is 0. The van der Waals surface area contributed by atoms with Crippen molar-refractivity contribution in [3.8, 4) is 0 Å². The number of piperidine rings is 1. The lowest BCUT2D eigenvalue weighted by molar-refractivity contribution is -0.134. The zero-order valence-electron chi connectivity index (χ0n) is 15.4. The van der Waals surface area contributed by atoms with Crippen LogP contribution in [0.15, 0.2) is 30.9 Å². The van der Waals surface area contributed by atoms with E-state index in [0.717, 1.165) is 62.4 Å². The van der Waals surface area contributed by atoms with Crippen LogP contribution in [0.25, 0.3) is 0 Å². The largest absolute Gasteiger partial charge is 0.348 e. The highest BCUT2D eigenvalue weighted by atomic mass is 16.2. The molecule has 0 spiro atoms. The summed E-state index contributed by atoms with van der Waals surface area (Å²) in [4.78, 5) is 29.6. The SMILES string of the molecule is CCN1CCC(CC(=O)N2CCc3[nH]cnc3C2c2ccncc2)CC1. The van der Waals surface area contributed by atoms with Crippen molar-refractivity contribution in [3.63, 3.8) is 0 Å². The van der Waals surface area contributed by atoms with E-state index >= 15 is 0 Å². The molecular formula is C20H27N5O. The van der Waals surface area contributed by atoms with Crippen molar-refractivity contribution in [2.24, 2.45) is 5.92 Å². The highest BCUT2D eigenvalue weighted by molar-refractivity contribution is 5.78. The highest BCUT2D eigenvalue weighted by Crippen LogP contribution is 2.34. The van der Waals surface area contributed by atoms with Gasteiger partial charge in [-0.2, -0.15) is 0 Å². The third kappa shape index (κ3) is 3.38. The first-order valence-corrected chi connectivity index (χ1v) is 9.70. The van der Waals surface area contributed by atoms with Gasteiger partial charge in [-0.25, -0.2) is 4.98 Å². The van der Waals surface area contributed by atoms with Crippen molar-refractivity contribution in [1.82, 2.24) is 24.8 Å². The molecule has 138 valence electrons. The summed E-state index contributed by atoms with van der Waals surface area (Å²) >= 11 is 0. The minimum absolute atomic E-state index is 0.101. The number of hydrogen-bond donors (Lipinski definition) is 1. The van der Waals surface area contributed by atoms with Gasteiger partial charge < -0.3 is 14.8 Å². The Balaban J connectivity index is 1.52. The van der Waals surface area contributed by atoms with Gasteiger partial charge in [0, 0.05) is 37.5 Å². The number of nitrogens with one attached hydrogen (secondary N) is 1. The number of hydrogen-bond acceptors (Lipinski definition) is 4. The molecule has 0 bridgehead atoms. The molecule has 1 amide bonds. The van der Waals surface area contributed by atoms with E-state index in [-0.39, 0.29) is 11.9 Å². The summed E-state index contributed by atoms with van der Waals surface area (Å²) in [5.74, 6) is 0.763. The summed E-state index contributed by atoms with van der Waals surface area (Å²) in [5, 5.41) is 0. The predicted octanol–water partition coefficient (Wildman–Crippen LogP) is 2.40. The van der Waals surface area contributed by atoms with Crippen molar-refractivity contribution in [2.75, 3.05) is 26.2 Å². The fraction of sp³-hybridized carbons (Fsp3) is 0.550. The Morgan fingerprint density at radius 2 is 2.00 bits per heavy atom. The molecular weight excluding hydrogens is 326 g/mol. The monoisotopic (exact) mass is 353 g/mol. The molecule has 0 aromatic carbocycles. The minimum Gasteiger partial charge on any atom is -0.348 e. The summed E-state index contributed by atoms with van der Waals surface area (Å²) < 4.78 is 0. The number of carbonyl (C=O) groups is 1. The highest BCUT2D eigenvalue weighted by Gasteiger charge is 2.35. The Morgan fingerprint density at radius 1 is 1.23 bits per heavy atom. The number of carbonyl (C=O) groups excluding carboxylic acids is 1. The zero-order valence-corrected chi connectivity index (χ0v) is 15.4. The molecule has 4 rings (SSSR count). The maximum absolute atomic E-state index is 13.2. The Morgan fingerprint density at radius 3 is 2.73 bits per heavy atom. The summed E-state index contributed by atoms with van der Waals surface area (Å²) in [6.45, 7) is 6.30. The maximum Gasteiger partial charge on any atom is 0.223 e. The number of pyridine rings is 1. The summed E-state index contributed by atoms with van der Waals surface area (Å²) in [6, 6.07) is 3.89. The Kier molecular flexibility index (Phi) is 5.02. The first-order valence-electron chi connectivity index (χ1n) is 9.70. The molecule has 1 unspecified atom stereocenters. The fourth-order valence-corrected chi connectivity index (χ4v) is 4.30. The number of likely N-dealkylation sites (tertiary alicyclic amines) is 1. The molecule has 1 fully saturated rings. The smallest absolute Gasteiger partial charge is 0.223 e. The van der Waals surface area contributed by atoms with Crippen molar-refractivity contribution < 1.29 is 4.79 Å². The molecule has 6 nitrogen and oxygen atoms in total. The topological polar surface area (TPSA) is 65.1 Å². The molecule has 2 aliphatic heterocycles. The normalized spacial score (nSPS) is 21.6. The van der Waals surface area contributed by atoms with Crippen LogP contribution in [0.1, 0.15) is 49.2 Å². The molecule has 1 N–H and O–H groups in total. The van der Waals surface area contributed by atoms with E-state index in [1.54, 1.807) is 18.7 Å². The molecule has 0 radical (unpaired) electrons. The first kappa shape index (κ1) is 17.2. The van der Waals surface area contributed by atoms with Crippen molar-refractivity contribution in [2.45, 2.75) is 38.6 Å². The van der Waals surface area contributed by atoms with Crippen LogP contribution in [0, 0.1) is 5.92 Å². The van der Waals surface area contributed by atoms with Crippen molar-refractivity contribution in [1.29, 1.82) is 0 Å². The van der Waals surface area contributed by atoms with E-state index in [9.17, 15) is 4.79 Å². The van der Waals surface area contributed by atoms with Gasteiger partial charge in [-0.1, -0.05) is 6.92 Å². The second kappa shape index (κ2) is 7.58. The molecule has 26 heavy (non-hydrogen) atoms. The van der Waals surface area contributed by atoms with E-state index in [1.165, 1.54) is 0 Å². The van der Waals surface area contributed by atoms with E-state index in [1.807, 2.05) is 17.0 Å². The van der Waals surface area contributed by atoms with Gasteiger partial charge in [0.25, 0.3) is 0 Å². The van der Waals surface area contributed by atoms with E-state index in [4.69, 9.17) is 0 Å². The van der Waals surface area contributed by atoms with Gasteiger partial charge in [-0.05, 0) is 56.1 Å². The van der Waals surface area contributed by atoms with Gasteiger partial charge in [0.1, 0.15) is 6.04 Å². The number of H-pyrrole nitrogens is 1. The molecule has 0 aliphatic carbocycles. The number of aromatic nitrogens is 3. The lowest BCUT2D eigenvalue weighted by atomic mass is 9.91. The van der Waals surface area contributed by atoms with Crippen molar-refractivity contribution in [3.05, 3.63) is 47.8 Å². The van der Waals surface area contributed by atoms with Crippen molar-refractivity contribution >= 4 is 5.91 Å². The Bertz CT molecular complexity index is 736. The molecule has 2 aromatic heterocycles. The van der Waals surface area contributed by atoms with Gasteiger partial charge in [0.2, 0.25) is 5.91 Å². The second-order valence-electron chi connectivity index (χ2n) is 7.37. The molecule has 2 aromatic rings. The van der Waals surface area contributed by atoms with Gasteiger partial charge in [-0.3, -0.25) is 9.78 Å². The van der Waals surface area contributed by atoms with Crippen LogP contribution in [-0.4, -0.2) is 56.8 Å². The number of imidazole rings is 1. The number of nitrogens with zero attached hydrogens (tertiary/aromatic N) is 4. The van der Waals surface area contributed by atoms with Gasteiger partial charge in [0.15, 0.2) is 0 Å². The lowest BCUT2D eigenvalue weighted by Crippen LogP contribution is -2.42. The van der Waals surface area contributed by atoms with Crippen LogP contribution < -0.4 is 0 Å². The lowest BCUT2D eigenvalue weighted by Gasteiger charge is -2.37. The minimum atomic E-state index is -0.101. The van der Waals surface area contributed by atoms with Gasteiger partial charge in [-0.15, -0.1) is 0 Å². The fourth-order valence-electron chi connectivity index (χ4n) is 4.30. The third-order valence-corrected chi connectivity index (χ3v) is 5.88. The predicted molar refractivity (Wildman–Crippen MR) is 99.5 cm³/mol. The number of rotatable bonds is 4. The van der Waals surface area contributed by atoms with Crippen LogP contribution in [0.3, 0.4) is 0 Å². The molecule has 6 heteroatoms. The summed E-state index contributed by atoms with van der Waals surface area (Å²) in [5.41, 5.74) is 3.21. The standard InChI is InChI=1S/C20H27N5O/c1-2-24-10-5-15(6-11-24)13-18(26)25-12-7-17-19(23-14-22-17)20(25)16-3-8-21-9-4-16/h3-4,8-9,14-15,20H,2,5-7,10-13H2,1H3,(H,22,23). The van der Waals surface area contributed by atoms with Crippen LogP contribution in [0.5, 0.6) is 0 Å². The summed E-state index contributed by atoms with van der Waals surface area (Å²) in [6.07, 6.45) is 9.07. The average Bonchev–Trinajstić information content (AvgIpc) is 3.17. The van der Waals surface area contributed by atoms with Crippen LogP contribution >= 0.6 is 0 Å². The Labute approximate surface area is 154 Å². The quantitative estimate of drug-likeness (QED) is 0.917. The number of amides is 1. The number of fused-ring (bicyclic) bond motifs is 1. The third-order valence-electron chi connectivity index (χ3n) is 5.88. The van der Waals surface area contributed by atoms with E-state index in [2.05, 4.69) is 26.8 Å². The number of aromatic amines is 1. The second-order valence-corrected chi connectivity index (χ2v) is 7.37. The first-order chi connectivity index (χ1) is 12.8. The van der Waals surface area contributed by atoms with Gasteiger partial charge >= 0.3 is 0 Å². The van der Waals surface area contributed by atoms with Crippen LogP contribution in [0.2, 0.25) is 0 Å². The average molecular weight is 353 g/mol.